The maximum Gasteiger partial charge on any atom is 0.0336 e. The van der Waals surface area contributed by atoms with Crippen LogP contribution in [0.25, 0.3) is 0 Å². The Balaban J connectivity index is 0.000000796. The summed E-state index contributed by atoms with van der Waals surface area (Å²) >= 11 is 6.28. The fourth-order valence-electron chi connectivity index (χ4n) is 2.98. The molecule has 1 aromatic carbocycles. The first kappa shape index (κ1) is 24.5. The molecular formula is C24H43Cl. The van der Waals surface area contributed by atoms with E-state index in [1.54, 1.807) is 0 Å². The van der Waals surface area contributed by atoms with Crippen LogP contribution in [0.15, 0.2) is 36.4 Å². The molecule has 146 valence electrons. The molecule has 0 saturated heterocycles. The molecule has 0 fully saturated rings. The first-order valence-corrected chi connectivity index (χ1v) is 11.4. The van der Waals surface area contributed by atoms with Crippen molar-refractivity contribution in [3.8, 4) is 0 Å². The Kier molecular flexibility index (Phi) is 21.1. The van der Waals surface area contributed by atoms with Crippen LogP contribution in [0.4, 0.5) is 0 Å². The van der Waals surface area contributed by atoms with Gasteiger partial charge in [0.2, 0.25) is 0 Å². The van der Waals surface area contributed by atoms with Crippen LogP contribution >= 0.6 is 11.6 Å². The second kappa shape index (κ2) is 21.6. The van der Waals surface area contributed by atoms with E-state index in [0.717, 1.165) is 0 Å². The topological polar surface area (TPSA) is 0 Å². The molecule has 0 heterocycles. The Labute approximate surface area is 163 Å². The molecule has 0 nitrogen and oxygen atoms in total. The minimum Gasteiger partial charge on any atom is -0.123 e. The first-order valence-electron chi connectivity index (χ1n) is 10.9. The SMILES string of the molecule is CCCCCCCCCCCCCC(Cl)CCCC.c1ccccc1. The third kappa shape index (κ3) is 21.5. The van der Waals surface area contributed by atoms with Crippen molar-refractivity contribution in [3.63, 3.8) is 0 Å². The maximum atomic E-state index is 6.28. The van der Waals surface area contributed by atoms with Gasteiger partial charge in [-0.25, -0.2) is 0 Å². The molecular weight excluding hydrogens is 324 g/mol. The number of alkyl halides is 1. The number of rotatable bonds is 15. The fourth-order valence-corrected chi connectivity index (χ4v) is 3.29. The minimum atomic E-state index is 0.443. The number of hydrogen-bond donors (Lipinski definition) is 0. The third-order valence-electron chi connectivity index (χ3n) is 4.66. The highest BCUT2D eigenvalue weighted by Crippen LogP contribution is 2.17. The van der Waals surface area contributed by atoms with E-state index in [9.17, 15) is 0 Å². The average Bonchev–Trinajstić information content (AvgIpc) is 2.66. The quantitative estimate of drug-likeness (QED) is 0.214. The summed E-state index contributed by atoms with van der Waals surface area (Å²) in [5.74, 6) is 0. The first-order chi connectivity index (χ1) is 12.3. The number of benzene rings is 1. The summed E-state index contributed by atoms with van der Waals surface area (Å²) < 4.78 is 0. The standard InChI is InChI=1S/C18H37Cl.C6H6/c1-3-5-7-8-9-10-11-12-13-14-15-17-18(19)16-6-4-2;1-2-4-6-5-3-1/h18H,3-17H2,1-2H3;1-6H. The van der Waals surface area contributed by atoms with Gasteiger partial charge in [-0.15, -0.1) is 11.6 Å². The van der Waals surface area contributed by atoms with Gasteiger partial charge in [0.05, 0.1) is 0 Å². The summed E-state index contributed by atoms with van der Waals surface area (Å²) in [5, 5.41) is 0.443. The highest BCUT2D eigenvalue weighted by atomic mass is 35.5. The van der Waals surface area contributed by atoms with Gasteiger partial charge in [0.15, 0.2) is 0 Å². The zero-order valence-corrected chi connectivity index (χ0v) is 17.8. The van der Waals surface area contributed by atoms with Crippen LogP contribution in [-0.2, 0) is 0 Å². The molecule has 1 aromatic rings. The van der Waals surface area contributed by atoms with Crippen LogP contribution < -0.4 is 0 Å². The van der Waals surface area contributed by atoms with Gasteiger partial charge in [0.25, 0.3) is 0 Å². The van der Waals surface area contributed by atoms with Crippen molar-refractivity contribution in [1.82, 2.24) is 0 Å². The van der Waals surface area contributed by atoms with E-state index in [-0.39, 0.29) is 0 Å². The lowest BCUT2D eigenvalue weighted by Gasteiger charge is -2.08. The van der Waals surface area contributed by atoms with Gasteiger partial charge in [-0.05, 0) is 12.8 Å². The van der Waals surface area contributed by atoms with E-state index < -0.39 is 0 Å². The minimum absolute atomic E-state index is 0.443. The van der Waals surface area contributed by atoms with Gasteiger partial charge in [0, 0.05) is 5.38 Å². The third-order valence-corrected chi connectivity index (χ3v) is 5.09. The number of hydrogen-bond acceptors (Lipinski definition) is 0. The van der Waals surface area contributed by atoms with Gasteiger partial charge >= 0.3 is 0 Å². The normalized spacial score (nSPS) is 11.6. The number of halogens is 1. The van der Waals surface area contributed by atoms with E-state index in [1.807, 2.05) is 36.4 Å². The molecule has 1 rings (SSSR count). The van der Waals surface area contributed by atoms with Crippen LogP contribution in [-0.4, -0.2) is 5.38 Å². The highest BCUT2D eigenvalue weighted by Gasteiger charge is 2.02. The summed E-state index contributed by atoms with van der Waals surface area (Å²) in [4.78, 5) is 0. The van der Waals surface area contributed by atoms with Crippen molar-refractivity contribution in [2.45, 2.75) is 116 Å². The second-order valence-corrected chi connectivity index (χ2v) is 7.84. The fraction of sp³-hybridized carbons (Fsp3) is 0.750. The van der Waals surface area contributed by atoms with Crippen LogP contribution in [0.3, 0.4) is 0 Å². The van der Waals surface area contributed by atoms with Gasteiger partial charge < -0.3 is 0 Å². The van der Waals surface area contributed by atoms with E-state index >= 15 is 0 Å². The predicted molar refractivity (Wildman–Crippen MR) is 117 cm³/mol. The van der Waals surface area contributed by atoms with Crippen molar-refractivity contribution in [2.75, 3.05) is 0 Å². The van der Waals surface area contributed by atoms with E-state index in [2.05, 4.69) is 13.8 Å². The van der Waals surface area contributed by atoms with Crippen molar-refractivity contribution in [3.05, 3.63) is 36.4 Å². The van der Waals surface area contributed by atoms with Gasteiger partial charge in [-0.2, -0.15) is 0 Å². The molecule has 0 N–H and O–H groups in total. The zero-order chi connectivity index (χ0) is 18.4. The molecule has 0 aliphatic heterocycles. The zero-order valence-electron chi connectivity index (χ0n) is 17.0. The van der Waals surface area contributed by atoms with E-state index in [4.69, 9.17) is 11.6 Å². The van der Waals surface area contributed by atoms with Gasteiger partial charge in [0.1, 0.15) is 0 Å². The Morgan fingerprint density at radius 2 is 0.800 bits per heavy atom. The molecule has 0 amide bonds. The molecule has 1 heteroatoms. The van der Waals surface area contributed by atoms with Crippen LogP contribution in [0.5, 0.6) is 0 Å². The van der Waals surface area contributed by atoms with Crippen LogP contribution in [0.1, 0.15) is 110 Å². The number of unbranched alkanes of at least 4 members (excludes halogenated alkanes) is 11. The maximum absolute atomic E-state index is 6.28. The Morgan fingerprint density at radius 3 is 1.20 bits per heavy atom. The predicted octanol–water partition coefficient (Wildman–Crippen LogP) is 9.17. The Bertz CT molecular complexity index is 295. The lowest BCUT2D eigenvalue weighted by atomic mass is 10.0. The molecule has 0 spiro atoms. The van der Waals surface area contributed by atoms with Crippen LogP contribution in [0, 0.1) is 0 Å². The molecule has 25 heavy (non-hydrogen) atoms. The van der Waals surface area contributed by atoms with Crippen molar-refractivity contribution in [1.29, 1.82) is 0 Å². The lowest BCUT2D eigenvalue weighted by molar-refractivity contribution is 0.533. The van der Waals surface area contributed by atoms with Crippen molar-refractivity contribution < 1.29 is 0 Å². The van der Waals surface area contributed by atoms with Crippen molar-refractivity contribution in [2.24, 2.45) is 0 Å². The lowest BCUT2D eigenvalue weighted by Crippen LogP contribution is -1.97. The van der Waals surface area contributed by atoms with Crippen LogP contribution in [0.2, 0.25) is 0 Å². The van der Waals surface area contributed by atoms with Gasteiger partial charge in [-0.3, -0.25) is 0 Å². The molecule has 0 bridgehead atoms. The molecule has 0 aromatic heterocycles. The molecule has 0 aliphatic rings. The summed E-state index contributed by atoms with van der Waals surface area (Å²) in [5.41, 5.74) is 0. The molecule has 1 atom stereocenters. The van der Waals surface area contributed by atoms with Crippen molar-refractivity contribution >= 4 is 11.6 Å². The summed E-state index contributed by atoms with van der Waals surface area (Å²) in [6.45, 7) is 4.53. The average molecular weight is 367 g/mol. The second-order valence-electron chi connectivity index (χ2n) is 7.22. The van der Waals surface area contributed by atoms with E-state index in [1.165, 1.54) is 96.3 Å². The summed E-state index contributed by atoms with van der Waals surface area (Å²) in [6, 6.07) is 12.0. The smallest absolute Gasteiger partial charge is 0.0336 e. The Morgan fingerprint density at radius 1 is 0.480 bits per heavy atom. The summed E-state index contributed by atoms with van der Waals surface area (Å²) in [6.07, 6.45) is 20.7. The Hall–Kier alpha value is -0.490. The van der Waals surface area contributed by atoms with Gasteiger partial charge in [-0.1, -0.05) is 134 Å². The molecule has 0 aliphatic carbocycles. The van der Waals surface area contributed by atoms with E-state index in [0.29, 0.717) is 5.38 Å². The molecule has 1 unspecified atom stereocenters. The monoisotopic (exact) mass is 366 g/mol. The molecule has 0 radical (unpaired) electrons. The summed E-state index contributed by atoms with van der Waals surface area (Å²) in [7, 11) is 0. The largest absolute Gasteiger partial charge is 0.123 e. The molecule has 0 saturated carbocycles. The highest BCUT2D eigenvalue weighted by molar-refractivity contribution is 6.20.